The third-order valence-electron chi connectivity index (χ3n) is 0. The van der Waals surface area contributed by atoms with Crippen molar-refractivity contribution in [2.45, 2.75) is 0 Å². The summed E-state index contributed by atoms with van der Waals surface area (Å²) in [5.41, 5.74) is 0. The van der Waals surface area contributed by atoms with E-state index in [2.05, 4.69) is 0 Å². The Kier molecular flexibility index (Phi) is 560. The molecule has 0 fully saturated rings. The predicted molar refractivity (Wildman–Crippen MR) is 7.23 cm³/mol. The van der Waals surface area contributed by atoms with Gasteiger partial charge in [-0.05, 0) is 0 Å². The Morgan fingerprint density at radius 2 is 0.500 bits per heavy atom. The van der Waals surface area contributed by atoms with Crippen molar-refractivity contribution in [1.29, 1.82) is 0 Å². The fraction of sp³-hybridized carbons (Fsp3) is 0. The monoisotopic (exact) mass is 50.1 g/mol. The molecule has 0 amide bonds. The van der Waals surface area contributed by atoms with Crippen molar-refractivity contribution < 1.29 is 48.7 Å². The van der Waals surface area contributed by atoms with Gasteiger partial charge in [-0.3, -0.25) is 0 Å². The fourth-order valence-electron chi connectivity index (χ4n) is 0. The molecule has 0 spiro atoms. The summed E-state index contributed by atoms with van der Waals surface area (Å²) in [6.45, 7) is 0. The summed E-state index contributed by atoms with van der Waals surface area (Å²) in [5, 5.41) is 0. The van der Waals surface area contributed by atoms with Gasteiger partial charge in [-0.15, -0.1) is 0 Å². The maximum Gasteiger partial charge on any atom is 1.00 e. The van der Waals surface area contributed by atoms with Gasteiger partial charge in [-0.2, -0.15) is 0 Å². The van der Waals surface area contributed by atoms with Gasteiger partial charge in [0.25, 0.3) is 0 Å². The summed E-state index contributed by atoms with van der Waals surface area (Å²) in [4.78, 5) is 0. The smallest absolute Gasteiger partial charge is 0.412 e. The van der Waals surface area contributed by atoms with Crippen LogP contribution in [0.1, 0.15) is 0 Å². The Morgan fingerprint density at radius 1 is 0.500 bits per heavy atom. The molecule has 16 valence electrons. The zero-order valence-electron chi connectivity index (χ0n) is 3.00. The van der Waals surface area contributed by atoms with E-state index in [1.54, 1.807) is 0 Å². The molecule has 4 heteroatoms. The topological polar surface area (TPSA) is 63.0 Å². The average Bonchev–Trinajstić information content (AvgIpc) is 0. The summed E-state index contributed by atoms with van der Waals surface area (Å²) in [6, 6.07) is 0. The van der Waals surface area contributed by atoms with Crippen LogP contribution in [0.5, 0.6) is 0 Å². The molecule has 0 saturated carbocycles. The van der Waals surface area contributed by atoms with Crippen LogP contribution in [0.3, 0.4) is 0 Å². The molecule has 0 aliphatic carbocycles. The van der Waals surface area contributed by atoms with Crippen molar-refractivity contribution in [2.75, 3.05) is 0 Å². The second-order valence-electron chi connectivity index (χ2n) is 0. The van der Waals surface area contributed by atoms with Crippen LogP contribution >= 0.6 is 0 Å². The molecule has 4 N–H and O–H groups in total. The second-order valence-corrected chi connectivity index (χ2v) is 0. The van der Waals surface area contributed by atoms with Crippen LogP contribution in [0.25, 0.3) is 0 Å². The van der Waals surface area contributed by atoms with Crippen molar-refractivity contribution in [3.8, 4) is 0 Å². The molecular formula is H4Li2O2+2. The number of hydrogen-bond acceptors (Lipinski definition) is 0. The van der Waals surface area contributed by atoms with Crippen LogP contribution in [-0.2, 0) is 0 Å². The molecule has 0 atom stereocenters. The first-order valence-electron chi connectivity index (χ1n) is 0. The van der Waals surface area contributed by atoms with Crippen molar-refractivity contribution in [3.05, 3.63) is 0 Å². The molecule has 0 bridgehead atoms. The van der Waals surface area contributed by atoms with E-state index in [1.807, 2.05) is 0 Å². The first-order valence-corrected chi connectivity index (χ1v) is 0. The van der Waals surface area contributed by atoms with Crippen LogP contribution in [0, 0.1) is 0 Å². The zero-order chi connectivity index (χ0) is 0. The fourth-order valence-corrected chi connectivity index (χ4v) is 0. The Labute approximate surface area is 48.9 Å². The summed E-state index contributed by atoms with van der Waals surface area (Å²) < 4.78 is 0. The maximum absolute atomic E-state index is 0. The van der Waals surface area contributed by atoms with Crippen molar-refractivity contribution in [2.24, 2.45) is 0 Å². The molecule has 0 heterocycles. The largest absolute Gasteiger partial charge is 1.00 e. The van der Waals surface area contributed by atoms with Crippen LogP contribution in [0.4, 0.5) is 0 Å². The molecule has 0 aromatic rings. The SMILES string of the molecule is O.O.[Li+].[Li+]. The minimum Gasteiger partial charge on any atom is -0.412 e. The summed E-state index contributed by atoms with van der Waals surface area (Å²) >= 11 is 0. The van der Waals surface area contributed by atoms with Gasteiger partial charge in [-0.1, -0.05) is 0 Å². The van der Waals surface area contributed by atoms with Gasteiger partial charge in [0.05, 0.1) is 0 Å². The molecule has 0 aromatic heterocycles. The summed E-state index contributed by atoms with van der Waals surface area (Å²) in [5.74, 6) is 0. The minimum atomic E-state index is 0. The standard InChI is InChI=1S/2Li.2H2O/h;;2*1H2/q2*+1;;. The van der Waals surface area contributed by atoms with E-state index >= 15 is 0 Å². The van der Waals surface area contributed by atoms with Gasteiger partial charge in [0.2, 0.25) is 0 Å². The molecule has 0 aliphatic rings. The van der Waals surface area contributed by atoms with Crippen molar-refractivity contribution in [3.63, 3.8) is 0 Å². The minimum absolute atomic E-state index is 0. The predicted octanol–water partition coefficient (Wildman–Crippen LogP) is -7.64. The van der Waals surface area contributed by atoms with E-state index in [0.717, 1.165) is 0 Å². The van der Waals surface area contributed by atoms with E-state index in [9.17, 15) is 0 Å². The van der Waals surface area contributed by atoms with Gasteiger partial charge >= 0.3 is 37.7 Å². The summed E-state index contributed by atoms with van der Waals surface area (Å²) in [7, 11) is 0. The van der Waals surface area contributed by atoms with Crippen LogP contribution in [0.15, 0.2) is 0 Å². The Bertz CT molecular complexity index is 4.00. The van der Waals surface area contributed by atoms with E-state index in [4.69, 9.17) is 0 Å². The average molecular weight is 49.9 g/mol. The Hall–Kier alpha value is 1.11. The normalized spacial score (nSPS) is 0. The van der Waals surface area contributed by atoms with Crippen molar-refractivity contribution >= 4 is 0 Å². The quantitative estimate of drug-likeness (QED) is 0.245. The molecular weight excluding hydrogens is 45.9 g/mol. The van der Waals surface area contributed by atoms with Gasteiger partial charge in [0.15, 0.2) is 0 Å². The molecule has 0 radical (unpaired) electrons. The molecule has 0 aromatic carbocycles. The van der Waals surface area contributed by atoms with Crippen LogP contribution in [0.2, 0.25) is 0 Å². The van der Waals surface area contributed by atoms with Crippen LogP contribution < -0.4 is 37.7 Å². The maximum atomic E-state index is 0. The van der Waals surface area contributed by atoms with E-state index in [-0.39, 0.29) is 48.7 Å². The number of hydrogen-bond donors (Lipinski definition) is 0. The first-order chi connectivity index (χ1) is 0. The third-order valence-corrected chi connectivity index (χ3v) is 0. The first kappa shape index (κ1) is 69.7. The summed E-state index contributed by atoms with van der Waals surface area (Å²) in [6.07, 6.45) is 0. The van der Waals surface area contributed by atoms with Crippen LogP contribution in [-0.4, -0.2) is 11.0 Å². The molecule has 0 unspecified atom stereocenters. The van der Waals surface area contributed by atoms with Gasteiger partial charge < -0.3 is 11.0 Å². The molecule has 2 nitrogen and oxygen atoms in total. The number of rotatable bonds is 0. The molecule has 0 rings (SSSR count). The third kappa shape index (κ3) is 11.2. The Balaban J connectivity index is 0. The Morgan fingerprint density at radius 3 is 0.500 bits per heavy atom. The second kappa shape index (κ2) is 32.1. The molecule has 0 saturated heterocycles. The van der Waals surface area contributed by atoms with E-state index in [0.29, 0.717) is 0 Å². The van der Waals surface area contributed by atoms with Gasteiger partial charge in [0.1, 0.15) is 0 Å². The van der Waals surface area contributed by atoms with E-state index < -0.39 is 0 Å². The van der Waals surface area contributed by atoms with E-state index in [1.165, 1.54) is 0 Å². The zero-order valence-corrected chi connectivity index (χ0v) is 3.00. The molecule has 0 aliphatic heterocycles. The van der Waals surface area contributed by atoms with Gasteiger partial charge in [0, 0.05) is 0 Å². The molecule has 4 heavy (non-hydrogen) atoms. The van der Waals surface area contributed by atoms with Crippen molar-refractivity contribution in [1.82, 2.24) is 0 Å². The van der Waals surface area contributed by atoms with Gasteiger partial charge in [-0.25, -0.2) is 0 Å².